The van der Waals surface area contributed by atoms with Crippen molar-refractivity contribution in [3.05, 3.63) is 96.1 Å². The van der Waals surface area contributed by atoms with Gasteiger partial charge in [-0.2, -0.15) is 0 Å². The quantitative estimate of drug-likeness (QED) is 0.355. The highest BCUT2D eigenvalue weighted by atomic mass is 32.2. The molecule has 3 N–H and O–H groups in total. The highest BCUT2D eigenvalue weighted by molar-refractivity contribution is 7.92. The molecule has 0 saturated carbocycles. The van der Waals surface area contributed by atoms with Crippen molar-refractivity contribution in [1.29, 1.82) is 0 Å². The number of aliphatic hydroxyl groups is 1. The summed E-state index contributed by atoms with van der Waals surface area (Å²) in [5.74, 6) is -0.271. The second-order valence-electron chi connectivity index (χ2n) is 7.61. The molecule has 3 rings (SSSR count). The molecule has 3 aromatic carbocycles. The average molecular weight is 482 g/mol. The van der Waals surface area contributed by atoms with E-state index >= 15 is 0 Å². The Morgan fingerprint density at radius 3 is 2.50 bits per heavy atom. The van der Waals surface area contributed by atoms with E-state index in [0.29, 0.717) is 29.8 Å². The van der Waals surface area contributed by atoms with Crippen LogP contribution in [-0.2, 0) is 21.2 Å². The van der Waals surface area contributed by atoms with E-state index < -0.39 is 22.1 Å². The number of benzene rings is 3. The predicted octanol–water partition coefficient (Wildman–Crippen LogP) is 4.35. The Kier molecular flexibility index (Phi) is 8.84. The maximum Gasteiger partial charge on any atom is 0.303 e. The SMILES string of the molecule is O=C(O)CCc1ccccc1OCC[C@@H](O)/C=C/c1cccc(S(=O)(=O)Nc2ccccc2)c1. The first-order valence-electron chi connectivity index (χ1n) is 10.8. The van der Waals surface area contributed by atoms with Crippen LogP contribution in [0.25, 0.3) is 6.08 Å². The maximum atomic E-state index is 12.6. The van der Waals surface area contributed by atoms with Crippen LogP contribution in [-0.4, -0.2) is 37.3 Å². The van der Waals surface area contributed by atoms with Gasteiger partial charge in [0, 0.05) is 18.5 Å². The number of aliphatic hydroxyl groups excluding tert-OH is 1. The van der Waals surface area contributed by atoms with Crippen molar-refractivity contribution in [2.75, 3.05) is 11.3 Å². The number of carboxylic acid groups (broad SMARTS) is 1. The normalized spacial score (nSPS) is 12.4. The standard InChI is InChI=1S/C26H27NO6S/c28-23(17-18-33-25-12-5-4-8-21(25)14-16-26(29)30)15-13-20-7-6-11-24(19-20)34(31,32)27-22-9-2-1-3-10-22/h1-13,15,19,23,27-28H,14,16-18H2,(H,29,30)/b15-13+/t23-/m0/s1. The van der Waals surface area contributed by atoms with Crippen LogP contribution in [0.4, 0.5) is 5.69 Å². The Bertz CT molecular complexity index is 1220. The second kappa shape index (κ2) is 12.0. The van der Waals surface area contributed by atoms with Crippen LogP contribution in [0.2, 0.25) is 0 Å². The molecule has 7 nitrogen and oxygen atoms in total. The molecule has 0 aromatic heterocycles. The lowest BCUT2D eigenvalue weighted by Gasteiger charge is -2.12. The molecule has 0 spiro atoms. The zero-order valence-electron chi connectivity index (χ0n) is 18.5. The van der Waals surface area contributed by atoms with Crippen molar-refractivity contribution < 1.29 is 28.2 Å². The number of nitrogens with one attached hydrogen (secondary N) is 1. The summed E-state index contributed by atoms with van der Waals surface area (Å²) in [4.78, 5) is 10.9. The average Bonchev–Trinajstić information content (AvgIpc) is 2.82. The van der Waals surface area contributed by atoms with Gasteiger partial charge in [0.1, 0.15) is 5.75 Å². The predicted molar refractivity (Wildman–Crippen MR) is 131 cm³/mol. The molecule has 0 fully saturated rings. The summed E-state index contributed by atoms with van der Waals surface area (Å²) in [7, 11) is -3.74. The van der Waals surface area contributed by atoms with Gasteiger partial charge >= 0.3 is 5.97 Å². The number of anilines is 1. The lowest BCUT2D eigenvalue weighted by Crippen LogP contribution is -2.13. The van der Waals surface area contributed by atoms with E-state index in [9.17, 15) is 18.3 Å². The third kappa shape index (κ3) is 7.75. The van der Waals surface area contributed by atoms with Crippen LogP contribution in [0.1, 0.15) is 24.0 Å². The summed E-state index contributed by atoms with van der Waals surface area (Å²) in [6.45, 7) is 0.241. The molecule has 0 bridgehead atoms. The van der Waals surface area contributed by atoms with E-state index in [4.69, 9.17) is 9.84 Å². The van der Waals surface area contributed by atoms with E-state index in [-0.39, 0.29) is 17.9 Å². The highest BCUT2D eigenvalue weighted by Gasteiger charge is 2.14. The zero-order chi connectivity index (χ0) is 24.4. The molecule has 0 heterocycles. The Morgan fingerprint density at radius 2 is 1.74 bits per heavy atom. The smallest absolute Gasteiger partial charge is 0.303 e. The van der Waals surface area contributed by atoms with Gasteiger partial charge in [0.2, 0.25) is 0 Å². The summed E-state index contributed by atoms with van der Waals surface area (Å²) in [5.41, 5.74) is 1.91. The number of para-hydroxylation sites is 2. The highest BCUT2D eigenvalue weighted by Crippen LogP contribution is 2.21. The molecule has 178 valence electrons. The molecular weight excluding hydrogens is 454 g/mol. The third-order valence-electron chi connectivity index (χ3n) is 4.96. The Morgan fingerprint density at radius 1 is 1.00 bits per heavy atom. The second-order valence-corrected chi connectivity index (χ2v) is 9.29. The summed E-state index contributed by atoms with van der Waals surface area (Å²) >= 11 is 0. The summed E-state index contributed by atoms with van der Waals surface area (Å²) < 4.78 is 33.6. The van der Waals surface area contributed by atoms with E-state index in [1.807, 2.05) is 18.2 Å². The van der Waals surface area contributed by atoms with Crippen molar-refractivity contribution in [2.24, 2.45) is 0 Å². The molecule has 1 atom stereocenters. The molecule has 0 amide bonds. The van der Waals surface area contributed by atoms with E-state index in [1.165, 1.54) is 12.1 Å². The minimum absolute atomic E-state index is 0.0153. The first kappa shape index (κ1) is 25.0. The Hall–Kier alpha value is -3.62. The number of hydrogen-bond donors (Lipinski definition) is 3. The molecular formula is C26H27NO6S. The monoisotopic (exact) mass is 481 g/mol. The molecule has 0 aliphatic carbocycles. The largest absolute Gasteiger partial charge is 0.493 e. The number of carboxylic acids is 1. The van der Waals surface area contributed by atoms with Crippen molar-refractivity contribution in [2.45, 2.75) is 30.3 Å². The van der Waals surface area contributed by atoms with Crippen LogP contribution in [0.3, 0.4) is 0 Å². The molecule has 34 heavy (non-hydrogen) atoms. The first-order chi connectivity index (χ1) is 16.3. The lowest BCUT2D eigenvalue weighted by molar-refractivity contribution is -0.136. The fourth-order valence-corrected chi connectivity index (χ4v) is 4.32. The first-order valence-corrected chi connectivity index (χ1v) is 12.3. The lowest BCUT2D eigenvalue weighted by atomic mass is 10.1. The van der Waals surface area contributed by atoms with Gasteiger partial charge in [-0.1, -0.05) is 60.7 Å². The molecule has 0 aliphatic rings. The van der Waals surface area contributed by atoms with Crippen molar-refractivity contribution in [3.63, 3.8) is 0 Å². The van der Waals surface area contributed by atoms with E-state index in [1.54, 1.807) is 60.7 Å². The number of rotatable bonds is 12. The minimum atomic E-state index is -3.74. The molecule has 8 heteroatoms. The number of hydrogen-bond acceptors (Lipinski definition) is 5. The van der Waals surface area contributed by atoms with Crippen molar-refractivity contribution in [3.8, 4) is 5.75 Å². The van der Waals surface area contributed by atoms with Crippen LogP contribution in [0.5, 0.6) is 5.75 Å². The molecule has 0 saturated heterocycles. The number of aryl methyl sites for hydroxylation is 1. The van der Waals surface area contributed by atoms with Gasteiger partial charge < -0.3 is 14.9 Å². The molecule has 0 unspecified atom stereocenters. The molecule has 0 radical (unpaired) electrons. The van der Waals surface area contributed by atoms with Gasteiger partial charge in [-0.3, -0.25) is 9.52 Å². The van der Waals surface area contributed by atoms with Gasteiger partial charge in [0.15, 0.2) is 0 Å². The van der Waals surface area contributed by atoms with Crippen molar-refractivity contribution in [1.82, 2.24) is 0 Å². The van der Waals surface area contributed by atoms with Crippen molar-refractivity contribution >= 4 is 27.8 Å². The topological polar surface area (TPSA) is 113 Å². The Labute approximate surface area is 199 Å². The maximum absolute atomic E-state index is 12.6. The van der Waals surface area contributed by atoms with E-state index in [0.717, 1.165) is 5.56 Å². The summed E-state index contributed by atoms with van der Waals surface area (Å²) in [6.07, 6.45) is 3.14. The van der Waals surface area contributed by atoms with Crippen LogP contribution < -0.4 is 9.46 Å². The molecule has 0 aliphatic heterocycles. The minimum Gasteiger partial charge on any atom is -0.493 e. The molecule has 3 aromatic rings. The van der Waals surface area contributed by atoms with Gasteiger partial charge in [-0.15, -0.1) is 0 Å². The van der Waals surface area contributed by atoms with Crippen LogP contribution >= 0.6 is 0 Å². The summed E-state index contributed by atoms with van der Waals surface area (Å²) in [6, 6.07) is 22.3. The Balaban J connectivity index is 1.55. The number of aliphatic carboxylic acids is 1. The fraction of sp³-hybridized carbons (Fsp3) is 0.192. The fourth-order valence-electron chi connectivity index (χ4n) is 3.21. The number of sulfonamides is 1. The number of carbonyl (C=O) groups is 1. The zero-order valence-corrected chi connectivity index (χ0v) is 19.3. The van der Waals surface area contributed by atoms with E-state index in [2.05, 4.69) is 4.72 Å². The van der Waals surface area contributed by atoms with Gasteiger partial charge in [0.25, 0.3) is 10.0 Å². The van der Waals surface area contributed by atoms with Gasteiger partial charge in [-0.25, -0.2) is 8.42 Å². The van der Waals surface area contributed by atoms with Gasteiger partial charge in [0.05, 0.1) is 17.6 Å². The van der Waals surface area contributed by atoms with Gasteiger partial charge in [-0.05, 0) is 47.9 Å². The third-order valence-corrected chi connectivity index (χ3v) is 6.34. The number of ether oxygens (including phenoxy) is 1. The van der Waals surface area contributed by atoms with Crippen LogP contribution in [0.15, 0.2) is 89.8 Å². The van der Waals surface area contributed by atoms with Crippen LogP contribution in [0, 0.1) is 0 Å². The summed E-state index contributed by atoms with van der Waals surface area (Å²) in [5, 5.41) is 19.2.